The summed E-state index contributed by atoms with van der Waals surface area (Å²) >= 11 is 0. The average molecular weight is 324 g/mol. The molecule has 0 aliphatic carbocycles. The van der Waals surface area contributed by atoms with Crippen molar-refractivity contribution in [1.29, 1.82) is 0 Å². The summed E-state index contributed by atoms with van der Waals surface area (Å²) in [5.74, 6) is 0. The third-order valence-corrected chi connectivity index (χ3v) is 5.38. The molecular weight excluding hydrogens is 312 g/mol. The molecule has 2 aliphatic rings. The van der Waals surface area contributed by atoms with Gasteiger partial charge < -0.3 is 9.30 Å². The summed E-state index contributed by atoms with van der Waals surface area (Å²) in [5, 5.41) is 0.969. The van der Waals surface area contributed by atoms with Crippen molar-refractivity contribution in [3.63, 3.8) is 0 Å². The van der Waals surface area contributed by atoms with Gasteiger partial charge in [-0.05, 0) is 36.3 Å². The molecule has 0 radical (unpaired) electrons. The molecule has 5 nitrogen and oxygen atoms in total. The van der Waals surface area contributed by atoms with Gasteiger partial charge in [0, 0.05) is 29.5 Å². The van der Waals surface area contributed by atoms with Crippen LogP contribution in [-0.2, 0) is 16.5 Å². The second-order valence-electron chi connectivity index (χ2n) is 5.79. The summed E-state index contributed by atoms with van der Waals surface area (Å²) in [6.45, 7) is 0. The van der Waals surface area contributed by atoms with Crippen molar-refractivity contribution in [1.82, 2.24) is 4.40 Å². The second kappa shape index (κ2) is 4.04. The van der Waals surface area contributed by atoms with E-state index < -0.39 is 10.1 Å². The standard InChI is InChI=1S/C17H12N2O3S/c20-23(21,22)12-3-4-13-14-6-8-18-7-1-2-11-5-9-19(15(13)10-12)17(14)16(11)18/h1,3-10H,2H2,(H,20,21,22). The van der Waals surface area contributed by atoms with Gasteiger partial charge >= 0.3 is 0 Å². The summed E-state index contributed by atoms with van der Waals surface area (Å²) in [6, 6.07) is 6.78. The number of hydrogen-bond acceptors (Lipinski definition) is 3. The van der Waals surface area contributed by atoms with E-state index in [1.54, 1.807) is 6.07 Å². The Balaban J connectivity index is 1.98. The van der Waals surface area contributed by atoms with Gasteiger partial charge in [0.25, 0.3) is 10.1 Å². The first kappa shape index (κ1) is 12.9. The molecule has 0 saturated carbocycles. The van der Waals surface area contributed by atoms with Crippen molar-refractivity contribution in [2.75, 3.05) is 4.90 Å². The highest BCUT2D eigenvalue weighted by molar-refractivity contribution is 7.85. The van der Waals surface area contributed by atoms with Gasteiger partial charge in [-0.3, -0.25) is 4.55 Å². The predicted molar refractivity (Wildman–Crippen MR) is 89.1 cm³/mol. The molecule has 0 bridgehead atoms. The van der Waals surface area contributed by atoms with Crippen LogP contribution in [0.25, 0.3) is 22.5 Å². The van der Waals surface area contributed by atoms with Crippen LogP contribution in [0.2, 0.25) is 0 Å². The molecule has 4 heterocycles. The highest BCUT2D eigenvalue weighted by Gasteiger charge is 2.24. The smallest absolute Gasteiger partial charge is 0.294 e. The number of hydrogen-bond donors (Lipinski definition) is 1. The van der Waals surface area contributed by atoms with Crippen LogP contribution in [0.1, 0.15) is 11.1 Å². The number of anilines is 1. The average Bonchev–Trinajstić information content (AvgIpc) is 2.87. The van der Waals surface area contributed by atoms with Crippen molar-refractivity contribution in [3.8, 4) is 0 Å². The van der Waals surface area contributed by atoms with E-state index in [1.165, 1.54) is 17.7 Å². The molecule has 0 spiro atoms. The van der Waals surface area contributed by atoms with Crippen LogP contribution in [0.3, 0.4) is 0 Å². The number of fused-ring (bicyclic) bond motifs is 3. The zero-order chi connectivity index (χ0) is 15.8. The fourth-order valence-electron chi connectivity index (χ4n) is 3.54. The number of rotatable bonds is 1. The third kappa shape index (κ3) is 1.62. The second-order valence-corrected chi connectivity index (χ2v) is 7.21. The fourth-order valence-corrected chi connectivity index (χ4v) is 4.04. The summed E-state index contributed by atoms with van der Waals surface area (Å²) in [7, 11) is -4.22. The molecule has 0 saturated heterocycles. The first-order chi connectivity index (χ1) is 11.0. The van der Waals surface area contributed by atoms with E-state index in [-0.39, 0.29) is 4.90 Å². The number of benzene rings is 1. The Morgan fingerprint density at radius 1 is 1.13 bits per heavy atom. The summed E-state index contributed by atoms with van der Waals surface area (Å²) < 4.78 is 34.2. The monoisotopic (exact) mass is 324 g/mol. The lowest BCUT2D eigenvalue weighted by atomic mass is 10.0. The van der Waals surface area contributed by atoms with E-state index in [4.69, 9.17) is 0 Å². The lowest BCUT2D eigenvalue weighted by Gasteiger charge is -2.27. The minimum atomic E-state index is -4.22. The Bertz CT molecular complexity index is 1170. The molecule has 23 heavy (non-hydrogen) atoms. The van der Waals surface area contributed by atoms with Crippen LogP contribution < -0.4 is 4.90 Å². The van der Waals surface area contributed by atoms with E-state index in [1.807, 2.05) is 29.1 Å². The van der Waals surface area contributed by atoms with Crippen LogP contribution in [0.4, 0.5) is 5.69 Å². The maximum atomic E-state index is 11.4. The Hall–Kier alpha value is -2.57. The molecule has 0 fully saturated rings. The van der Waals surface area contributed by atoms with Gasteiger partial charge in [-0.2, -0.15) is 8.42 Å². The summed E-state index contributed by atoms with van der Waals surface area (Å²) in [4.78, 5) is 2.00. The van der Waals surface area contributed by atoms with Crippen molar-refractivity contribution in [2.24, 2.45) is 0 Å². The molecule has 6 heteroatoms. The highest BCUT2D eigenvalue weighted by Crippen LogP contribution is 2.41. The van der Waals surface area contributed by atoms with Gasteiger partial charge in [0.15, 0.2) is 0 Å². The topological polar surface area (TPSA) is 62.0 Å². The fraction of sp³-hybridized carbons (Fsp3) is 0.0588. The van der Waals surface area contributed by atoms with Gasteiger partial charge in [-0.15, -0.1) is 0 Å². The number of aromatic nitrogens is 1. The summed E-state index contributed by atoms with van der Waals surface area (Å²) in [6.07, 6.45) is 11.1. The molecule has 5 rings (SSSR count). The predicted octanol–water partition coefficient (Wildman–Crippen LogP) is 3.20. The largest absolute Gasteiger partial charge is 0.322 e. The van der Waals surface area contributed by atoms with Crippen molar-refractivity contribution >= 4 is 38.3 Å². The molecule has 1 N–H and O–H groups in total. The van der Waals surface area contributed by atoms with Gasteiger partial charge in [0.05, 0.1) is 21.6 Å². The maximum Gasteiger partial charge on any atom is 0.294 e. The molecule has 0 atom stereocenters. The van der Waals surface area contributed by atoms with Crippen molar-refractivity contribution in [2.45, 2.75) is 11.3 Å². The molecular formula is C17H12N2O3S. The first-order valence-electron chi connectivity index (χ1n) is 7.24. The number of nitrogens with zero attached hydrogens (tertiary/aromatic N) is 2. The van der Waals surface area contributed by atoms with E-state index in [0.717, 1.165) is 34.1 Å². The Labute approximate surface area is 132 Å². The minimum Gasteiger partial charge on any atom is -0.322 e. The van der Waals surface area contributed by atoms with E-state index in [2.05, 4.69) is 17.0 Å². The summed E-state index contributed by atoms with van der Waals surface area (Å²) in [5.41, 5.74) is 5.29. The van der Waals surface area contributed by atoms with E-state index >= 15 is 0 Å². The van der Waals surface area contributed by atoms with Crippen LogP contribution in [0.15, 0.2) is 53.8 Å². The van der Waals surface area contributed by atoms with E-state index in [9.17, 15) is 13.0 Å². The quantitative estimate of drug-likeness (QED) is 0.698. The van der Waals surface area contributed by atoms with Crippen LogP contribution >= 0.6 is 0 Å². The Morgan fingerprint density at radius 2 is 2.00 bits per heavy atom. The van der Waals surface area contributed by atoms with Gasteiger partial charge in [0.1, 0.15) is 0 Å². The molecule has 114 valence electrons. The van der Waals surface area contributed by atoms with Crippen LogP contribution in [0, 0.1) is 0 Å². The van der Waals surface area contributed by atoms with Crippen LogP contribution in [0.5, 0.6) is 0 Å². The molecule has 2 aromatic heterocycles. The zero-order valence-electron chi connectivity index (χ0n) is 12.0. The maximum absolute atomic E-state index is 11.4. The zero-order valence-corrected chi connectivity index (χ0v) is 12.8. The highest BCUT2D eigenvalue weighted by atomic mass is 32.2. The molecule has 0 amide bonds. The lowest BCUT2D eigenvalue weighted by molar-refractivity contribution is 0.483. The lowest BCUT2D eigenvalue weighted by Crippen LogP contribution is -2.16. The number of allylic oxidation sites excluding steroid dienone is 1. The third-order valence-electron chi connectivity index (χ3n) is 4.53. The van der Waals surface area contributed by atoms with Gasteiger partial charge in [0.2, 0.25) is 0 Å². The van der Waals surface area contributed by atoms with Gasteiger partial charge in [-0.1, -0.05) is 12.1 Å². The molecule has 0 unspecified atom stereocenters. The SMILES string of the molecule is O=S(=O)(O)c1ccc2c3c4c5c(ccn4c2c1)CC=CN5C=C3. The van der Waals surface area contributed by atoms with Gasteiger partial charge in [-0.25, -0.2) is 0 Å². The first-order valence-corrected chi connectivity index (χ1v) is 8.68. The normalized spacial score (nSPS) is 15.8. The van der Waals surface area contributed by atoms with Crippen LogP contribution in [-0.4, -0.2) is 17.4 Å². The minimum absolute atomic E-state index is 0.0892. The van der Waals surface area contributed by atoms with Crippen molar-refractivity contribution in [3.05, 3.63) is 60.1 Å². The molecule has 1 aromatic carbocycles. The Kier molecular flexibility index (Phi) is 2.27. The Morgan fingerprint density at radius 3 is 2.83 bits per heavy atom. The van der Waals surface area contributed by atoms with Crippen molar-refractivity contribution < 1.29 is 13.0 Å². The van der Waals surface area contributed by atoms with E-state index in [0.29, 0.717) is 0 Å². The molecule has 2 aliphatic heterocycles. The number of pyridine rings is 1. The molecule has 3 aromatic rings.